The molecule has 4 heteroatoms. The summed E-state index contributed by atoms with van der Waals surface area (Å²) in [6, 6.07) is 19.3. The molecule has 0 bridgehead atoms. The molecule has 0 aliphatic heterocycles. The third-order valence-electron chi connectivity index (χ3n) is 3.88. The minimum atomic E-state index is -0.571. The third kappa shape index (κ3) is 4.56. The van der Waals surface area contributed by atoms with Gasteiger partial charge in [0.05, 0.1) is 5.71 Å². The molecule has 122 valence electrons. The quantitative estimate of drug-likeness (QED) is 0.620. The van der Waals surface area contributed by atoms with Crippen molar-refractivity contribution in [1.82, 2.24) is 0 Å². The highest BCUT2D eigenvalue weighted by Gasteiger charge is 2.15. The first kappa shape index (κ1) is 16.0. The second kappa shape index (κ2) is 8.11. The largest absolute Gasteiger partial charge is 0.437 e. The van der Waals surface area contributed by atoms with Crippen LogP contribution in [0.1, 0.15) is 31.2 Å². The Hall–Kier alpha value is -2.88. The van der Waals surface area contributed by atoms with Crippen LogP contribution >= 0.6 is 0 Å². The van der Waals surface area contributed by atoms with Gasteiger partial charge in [-0.3, -0.25) is 10.2 Å². The SMILES string of the molecule is O=C(Nc1ccccc1)O/N=C1/CCCC/C1=C/c1ccccc1. The molecule has 1 N–H and O–H groups in total. The standard InChI is InChI=1S/C20H20N2O2/c23-20(21-18-12-5-2-6-13-18)24-22-19-14-8-7-11-17(19)15-16-9-3-1-4-10-16/h1-6,9-10,12-13,15H,7-8,11,14H2,(H,21,23)/b17-15-,22-19-. The zero-order valence-electron chi connectivity index (χ0n) is 13.4. The Bertz CT molecular complexity index is 737. The smallest absolute Gasteiger partial charge is 0.298 e. The molecule has 1 saturated carbocycles. The summed E-state index contributed by atoms with van der Waals surface area (Å²) in [6.07, 6.45) is 5.53. The Kier molecular flexibility index (Phi) is 5.40. The van der Waals surface area contributed by atoms with E-state index in [1.165, 1.54) is 0 Å². The van der Waals surface area contributed by atoms with E-state index in [1.54, 1.807) is 12.1 Å². The molecule has 0 spiro atoms. The van der Waals surface area contributed by atoms with Crippen LogP contribution in [-0.4, -0.2) is 11.8 Å². The van der Waals surface area contributed by atoms with Crippen molar-refractivity contribution in [1.29, 1.82) is 0 Å². The van der Waals surface area contributed by atoms with Crippen molar-refractivity contribution < 1.29 is 9.63 Å². The van der Waals surface area contributed by atoms with E-state index in [-0.39, 0.29) is 0 Å². The molecule has 0 radical (unpaired) electrons. The summed E-state index contributed by atoms with van der Waals surface area (Å²) in [5.41, 5.74) is 3.82. The van der Waals surface area contributed by atoms with Gasteiger partial charge in [-0.1, -0.05) is 53.7 Å². The highest BCUT2D eigenvalue weighted by Crippen LogP contribution is 2.23. The summed E-state index contributed by atoms with van der Waals surface area (Å²) in [4.78, 5) is 16.9. The predicted molar refractivity (Wildman–Crippen MR) is 96.9 cm³/mol. The minimum absolute atomic E-state index is 0.571. The van der Waals surface area contributed by atoms with Crippen LogP contribution in [0, 0.1) is 0 Å². The number of para-hydroxylation sites is 1. The van der Waals surface area contributed by atoms with Crippen molar-refractivity contribution in [2.24, 2.45) is 5.16 Å². The molecule has 1 aliphatic carbocycles. The van der Waals surface area contributed by atoms with Gasteiger partial charge in [-0.15, -0.1) is 0 Å². The summed E-state index contributed by atoms with van der Waals surface area (Å²) >= 11 is 0. The fourth-order valence-corrected chi connectivity index (χ4v) is 2.68. The summed E-state index contributed by atoms with van der Waals surface area (Å²) in [5.74, 6) is 0. The number of carbonyl (C=O) groups is 1. The van der Waals surface area contributed by atoms with E-state index in [9.17, 15) is 4.79 Å². The average molecular weight is 320 g/mol. The molecule has 3 rings (SSSR count). The van der Waals surface area contributed by atoms with Gasteiger partial charge in [0.1, 0.15) is 0 Å². The average Bonchev–Trinajstić information content (AvgIpc) is 2.63. The Morgan fingerprint density at radius 3 is 2.38 bits per heavy atom. The number of allylic oxidation sites excluding steroid dienone is 1. The number of amides is 1. The lowest BCUT2D eigenvalue weighted by Crippen LogP contribution is -2.14. The van der Waals surface area contributed by atoms with Gasteiger partial charge in [-0.25, -0.2) is 4.79 Å². The van der Waals surface area contributed by atoms with Crippen LogP contribution < -0.4 is 5.32 Å². The fraction of sp³-hybridized carbons (Fsp3) is 0.200. The zero-order chi connectivity index (χ0) is 16.6. The normalized spacial score (nSPS) is 17.7. The van der Waals surface area contributed by atoms with E-state index >= 15 is 0 Å². The number of benzene rings is 2. The summed E-state index contributed by atoms with van der Waals surface area (Å²) in [7, 11) is 0. The summed E-state index contributed by atoms with van der Waals surface area (Å²) in [6.45, 7) is 0. The van der Waals surface area contributed by atoms with Gasteiger partial charge in [-0.05, 0) is 55.0 Å². The number of oxime groups is 1. The Balaban J connectivity index is 1.67. The highest BCUT2D eigenvalue weighted by molar-refractivity contribution is 6.04. The second-order valence-electron chi connectivity index (χ2n) is 5.70. The lowest BCUT2D eigenvalue weighted by atomic mass is 9.91. The molecule has 2 aromatic carbocycles. The van der Waals surface area contributed by atoms with E-state index in [2.05, 4.69) is 28.7 Å². The molecule has 1 amide bonds. The molecule has 0 unspecified atom stereocenters. The first-order valence-electron chi connectivity index (χ1n) is 8.17. The van der Waals surface area contributed by atoms with Crippen molar-refractivity contribution in [3.05, 3.63) is 71.8 Å². The second-order valence-corrected chi connectivity index (χ2v) is 5.70. The van der Waals surface area contributed by atoms with Gasteiger partial charge in [0.2, 0.25) is 0 Å². The van der Waals surface area contributed by atoms with Crippen LogP contribution in [0.5, 0.6) is 0 Å². The molecule has 0 heterocycles. The van der Waals surface area contributed by atoms with E-state index in [0.717, 1.165) is 42.5 Å². The molecule has 2 aromatic rings. The molecule has 4 nitrogen and oxygen atoms in total. The molecule has 1 fully saturated rings. The maximum absolute atomic E-state index is 11.9. The number of anilines is 1. The van der Waals surface area contributed by atoms with Crippen LogP contribution in [0.2, 0.25) is 0 Å². The first-order valence-corrected chi connectivity index (χ1v) is 8.17. The topological polar surface area (TPSA) is 50.7 Å². The molecule has 1 aliphatic rings. The molecule has 24 heavy (non-hydrogen) atoms. The van der Waals surface area contributed by atoms with E-state index in [1.807, 2.05) is 36.4 Å². The molecular weight excluding hydrogens is 300 g/mol. The van der Waals surface area contributed by atoms with Crippen LogP contribution in [0.4, 0.5) is 10.5 Å². The minimum Gasteiger partial charge on any atom is -0.298 e. The van der Waals surface area contributed by atoms with E-state index < -0.39 is 6.09 Å². The van der Waals surface area contributed by atoms with Gasteiger partial charge in [0.25, 0.3) is 0 Å². The molecule has 0 saturated heterocycles. The zero-order valence-corrected chi connectivity index (χ0v) is 13.4. The maximum Gasteiger partial charge on any atom is 0.437 e. The third-order valence-corrected chi connectivity index (χ3v) is 3.88. The van der Waals surface area contributed by atoms with Crippen molar-refractivity contribution in [3.8, 4) is 0 Å². The van der Waals surface area contributed by atoms with Crippen molar-refractivity contribution in [3.63, 3.8) is 0 Å². The number of nitrogens with one attached hydrogen (secondary N) is 1. The van der Waals surface area contributed by atoms with Crippen LogP contribution in [0.3, 0.4) is 0 Å². The van der Waals surface area contributed by atoms with Crippen LogP contribution in [0.25, 0.3) is 6.08 Å². The number of carbonyl (C=O) groups excluding carboxylic acids is 1. The van der Waals surface area contributed by atoms with Gasteiger partial charge in [-0.2, -0.15) is 0 Å². The number of hydrogen-bond acceptors (Lipinski definition) is 3. The van der Waals surface area contributed by atoms with Crippen molar-refractivity contribution in [2.75, 3.05) is 5.32 Å². The van der Waals surface area contributed by atoms with E-state index in [0.29, 0.717) is 5.69 Å². The lowest BCUT2D eigenvalue weighted by molar-refractivity contribution is 0.166. The summed E-state index contributed by atoms with van der Waals surface area (Å²) in [5, 5.41) is 6.75. The van der Waals surface area contributed by atoms with Gasteiger partial charge < -0.3 is 0 Å². The van der Waals surface area contributed by atoms with Gasteiger partial charge in [0.15, 0.2) is 0 Å². The monoisotopic (exact) mass is 320 g/mol. The Labute approximate surface area is 141 Å². The lowest BCUT2D eigenvalue weighted by Gasteiger charge is -2.16. The molecular formula is C20H20N2O2. The number of nitrogens with zero attached hydrogens (tertiary/aromatic N) is 1. The predicted octanol–water partition coefficient (Wildman–Crippen LogP) is 5.25. The van der Waals surface area contributed by atoms with Crippen molar-refractivity contribution >= 4 is 23.6 Å². The van der Waals surface area contributed by atoms with Crippen LogP contribution in [-0.2, 0) is 4.84 Å². The van der Waals surface area contributed by atoms with Crippen LogP contribution in [0.15, 0.2) is 71.4 Å². The van der Waals surface area contributed by atoms with Crippen molar-refractivity contribution in [2.45, 2.75) is 25.7 Å². The molecule has 0 aromatic heterocycles. The van der Waals surface area contributed by atoms with E-state index in [4.69, 9.17) is 4.84 Å². The first-order chi connectivity index (χ1) is 11.8. The fourth-order valence-electron chi connectivity index (χ4n) is 2.68. The Morgan fingerprint density at radius 1 is 0.958 bits per heavy atom. The molecule has 0 atom stereocenters. The number of hydrogen-bond donors (Lipinski definition) is 1. The number of rotatable bonds is 3. The summed E-state index contributed by atoms with van der Waals surface area (Å²) < 4.78 is 0. The maximum atomic E-state index is 11.9. The Morgan fingerprint density at radius 2 is 1.62 bits per heavy atom. The van der Waals surface area contributed by atoms with Gasteiger partial charge in [0, 0.05) is 5.69 Å². The highest BCUT2D eigenvalue weighted by atomic mass is 16.7. The van der Waals surface area contributed by atoms with Gasteiger partial charge >= 0.3 is 6.09 Å².